The molecule has 1 aliphatic rings. The Balaban J connectivity index is 2.48. The summed E-state index contributed by atoms with van der Waals surface area (Å²) < 4.78 is 4.77. The van der Waals surface area contributed by atoms with Crippen LogP contribution >= 0.6 is 0 Å². The smallest absolute Gasteiger partial charge is 0.293 e. The summed E-state index contributed by atoms with van der Waals surface area (Å²) in [6, 6.07) is 7.23. The van der Waals surface area contributed by atoms with Gasteiger partial charge in [-0.2, -0.15) is 0 Å². The van der Waals surface area contributed by atoms with Crippen LogP contribution in [-0.2, 0) is 25.5 Å². The molecule has 0 spiro atoms. The van der Waals surface area contributed by atoms with Crippen LogP contribution in [0.15, 0.2) is 83.0 Å². The highest BCUT2D eigenvalue weighted by atomic mass is 16.5. The number of amides is 2. The van der Waals surface area contributed by atoms with Gasteiger partial charge >= 0.3 is 0 Å². The van der Waals surface area contributed by atoms with Gasteiger partial charge in [-0.15, -0.1) is 0 Å². The molecule has 38 heavy (non-hydrogen) atoms. The third-order valence-electron chi connectivity index (χ3n) is 7.22. The van der Waals surface area contributed by atoms with Crippen molar-refractivity contribution < 1.29 is 19.1 Å². The van der Waals surface area contributed by atoms with Crippen LogP contribution in [0.1, 0.15) is 73.3 Å². The lowest BCUT2D eigenvalue weighted by atomic mass is 9.71. The zero-order valence-electron chi connectivity index (χ0n) is 24.0. The third kappa shape index (κ3) is 7.53. The maximum Gasteiger partial charge on any atom is 0.293 e. The largest absolute Gasteiger partial charge is 0.468 e. The summed E-state index contributed by atoms with van der Waals surface area (Å²) >= 11 is 0. The van der Waals surface area contributed by atoms with Gasteiger partial charge < -0.3 is 4.74 Å². The molecule has 2 amide bonds. The van der Waals surface area contributed by atoms with Crippen molar-refractivity contribution in [3.05, 3.63) is 88.6 Å². The number of imide groups is 1. The number of carbonyl (C=O) groups is 3. The van der Waals surface area contributed by atoms with Gasteiger partial charge in [-0.1, -0.05) is 81.9 Å². The molecule has 1 atom stereocenters. The van der Waals surface area contributed by atoms with E-state index in [4.69, 9.17) is 4.74 Å². The molecular weight excluding hydrogens is 474 g/mol. The molecule has 0 saturated carbocycles. The van der Waals surface area contributed by atoms with Gasteiger partial charge in [0.25, 0.3) is 12.4 Å². The van der Waals surface area contributed by atoms with Gasteiger partial charge in [-0.05, 0) is 62.0 Å². The minimum Gasteiger partial charge on any atom is -0.468 e. The summed E-state index contributed by atoms with van der Waals surface area (Å²) in [5, 5.41) is 0. The Morgan fingerprint density at radius 1 is 1.13 bits per heavy atom. The van der Waals surface area contributed by atoms with E-state index in [9.17, 15) is 14.4 Å². The number of hydrogen-bond acceptors (Lipinski definition) is 4. The van der Waals surface area contributed by atoms with Crippen molar-refractivity contribution >= 4 is 24.0 Å². The lowest BCUT2D eigenvalue weighted by Crippen LogP contribution is -2.38. The van der Waals surface area contributed by atoms with Crippen molar-refractivity contribution in [2.24, 2.45) is 11.3 Å². The maximum atomic E-state index is 14.0. The second-order valence-electron chi connectivity index (χ2n) is 10.2. The Kier molecular flexibility index (Phi) is 11.7. The van der Waals surface area contributed by atoms with Crippen LogP contribution < -0.4 is 4.90 Å². The van der Waals surface area contributed by atoms with Gasteiger partial charge in [0.05, 0.1) is 12.3 Å². The van der Waals surface area contributed by atoms with Crippen molar-refractivity contribution in [3.63, 3.8) is 0 Å². The van der Waals surface area contributed by atoms with Crippen molar-refractivity contribution in [2.45, 2.75) is 74.1 Å². The molecule has 1 aromatic carbocycles. The van der Waals surface area contributed by atoms with Crippen LogP contribution in [0.5, 0.6) is 0 Å². The highest BCUT2D eigenvalue weighted by Crippen LogP contribution is 2.42. The van der Waals surface area contributed by atoms with Crippen LogP contribution in [0.3, 0.4) is 0 Å². The van der Waals surface area contributed by atoms with E-state index in [2.05, 4.69) is 51.2 Å². The number of nitrogens with zero attached hydrogens (tertiary/aromatic N) is 1. The Bertz CT molecular complexity index is 1150. The first-order chi connectivity index (χ1) is 18.1. The number of hydrogen-bond donors (Lipinski definition) is 0. The minimum atomic E-state index is -0.339. The molecule has 1 aliphatic carbocycles. The van der Waals surface area contributed by atoms with Crippen molar-refractivity contribution in [1.29, 1.82) is 0 Å². The predicted octanol–water partition coefficient (Wildman–Crippen LogP) is 7.45. The molecule has 1 unspecified atom stereocenters. The van der Waals surface area contributed by atoms with Crippen molar-refractivity contribution in [2.75, 3.05) is 11.5 Å². The molecule has 0 bridgehead atoms. The Labute approximate surface area is 228 Å². The topological polar surface area (TPSA) is 63.7 Å². The highest BCUT2D eigenvalue weighted by molar-refractivity contribution is 6.20. The number of ether oxygens (including phenoxy) is 1. The van der Waals surface area contributed by atoms with Gasteiger partial charge in [-0.25, -0.2) is 4.90 Å². The zero-order valence-corrected chi connectivity index (χ0v) is 24.0. The van der Waals surface area contributed by atoms with Crippen LogP contribution in [0.25, 0.3) is 0 Å². The van der Waals surface area contributed by atoms with Crippen molar-refractivity contribution in [1.82, 2.24) is 0 Å². The summed E-state index contributed by atoms with van der Waals surface area (Å²) in [4.78, 5) is 38.4. The summed E-state index contributed by atoms with van der Waals surface area (Å²) in [7, 11) is 0. The molecule has 204 valence electrons. The first-order valence-electron chi connectivity index (χ1n) is 13.5. The number of carbonyl (C=O) groups excluding carboxylic acids is 3. The molecule has 0 fully saturated rings. The van der Waals surface area contributed by atoms with Gasteiger partial charge in [0, 0.05) is 30.3 Å². The first-order valence-corrected chi connectivity index (χ1v) is 13.5. The number of anilines is 1. The van der Waals surface area contributed by atoms with Gasteiger partial charge in [-0.3, -0.25) is 14.4 Å². The van der Waals surface area contributed by atoms with E-state index in [0.29, 0.717) is 30.6 Å². The van der Waals surface area contributed by atoms with E-state index in [1.54, 1.807) is 12.1 Å². The lowest BCUT2D eigenvalue weighted by molar-refractivity contribution is -0.128. The Morgan fingerprint density at radius 2 is 1.82 bits per heavy atom. The van der Waals surface area contributed by atoms with Gasteiger partial charge in [0.15, 0.2) is 0 Å². The summed E-state index contributed by atoms with van der Waals surface area (Å²) in [5.41, 5.74) is 5.41. The molecule has 0 aromatic heterocycles. The van der Waals surface area contributed by atoms with E-state index in [0.717, 1.165) is 24.0 Å². The molecule has 0 saturated heterocycles. The predicted molar refractivity (Wildman–Crippen MR) is 156 cm³/mol. The average molecular weight is 518 g/mol. The fourth-order valence-corrected chi connectivity index (χ4v) is 4.98. The summed E-state index contributed by atoms with van der Waals surface area (Å²) in [6.07, 6.45) is 16.2. The van der Waals surface area contributed by atoms with E-state index in [1.807, 2.05) is 39.0 Å². The SMILES string of the molecule is C/C=C\C(=C(\C)C(C)/C(=C\CC)C(=O)N(C(C)=O)c1ccc(CCOC=O)cc1)C(C)(C)C1=CCCC=C1. The molecule has 5 nitrogen and oxygen atoms in total. The van der Waals surface area contributed by atoms with Crippen LogP contribution in [0, 0.1) is 11.3 Å². The molecule has 5 heteroatoms. The Morgan fingerprint density at radius 3 is 2.34 bits per heavy atom. The zero-order chi connectivity index (χ0) is 28.3. The standard InChI is InChI=1S/C33H43NO4/c1-8-13-30(24(3)25(4)31(14-9-2)33(6,7)28-15-11-10-12-16-28)32(37)34(26(5)36)29-19-17-27(18-20-29)21-22-38-23-35/h9,11,13-20,23-24H,8,10,12,21-22H2,1-7H3/b14-9-,30-13+,31-25+. The summed E-state index contributed by atoms with van der Waals surface area (Å²) in [6.45, 7) is 14.7. The second-order valence-corrected chi connectivity index (χ2v) is 10.2. The number of allylic oxidation sites excluding steroid dienone is 9. The van der Waals surface area contributed by atoms with E-state index >= 15 is 0 Å². The van der Waals surface area contributed by atoms with Crippen LogP contribution in [-0.4, -0.2) is 24.9 Å². The summed E-state index contributed by atoms with van der Waals surface area (Å²) in [5.74, 6) is -0.838. The number of benzene rings is 1. The quantitative estimate of drug-likeness (QED) is 0.125. The number of rotatable bonds is 12. The molecule has 0 N–H and O–H groups in total. The van der Waals surface area contributed by atoms with E-state index < -0.39 is 0 Å². The van der Waals surface area contributed by atoms with Gasteiger partial charge in [0.2, 0.25) is 5.91 Å². The molecular formula is C33H43NO4. The fraction of sp³-hybridized carbons (Fsp3) is 0.424. The maximum absolute atomic E-state index is 14.0. The minimum absolute atomic E-state index is 0.192. The molecule has 2 rings (SSSR count). The fourth-order valence-electron chi connectivity index (χ4n) is 4.98. The Hall–Kier alpha value is -3.47. The molecule has 0 radical (unpaired) electrons. The van der Waals surface area contributed by atoms with Crippen LogP contribution in [0.2, 0.25) is 0 Å². The molecule has 1 aromatic rings. The first kappa shape index (κ1) is 30.8. The highest BCUT2D eigenvalue weighted by Gasteiger charge is 2.32. The average Bonchev–Trinajstić information content (AvgIpc) is 2.91. The van der Waals surface area contributed by atoms with E-state index in [1.165, 1.54) is 23.0 Å². The normalized spacial score (nSPS) is 15.6. The monoisotopic (exact) mass is 517 g/mol. The van der Waals surface area contributed by atoms with E-state index in [-0.39, 0.29) is 29.8 Å². The molecule has 0 aliphatic heterocycles. The lowest BCUT2D eigenvalue weighted by Gasteiger charge is -2.33. The van der Waals surface area contributed by atoms with Gasteiger partial charge in [0.1, 0.15) is 0 Å². The van der Waals surface area contributed by atoms with Crippen molar-refractivity contribution in [3.8, 4) is 0 Å². The third-order valence-corrected chi connectivity index (χ3v) is 7.22. The van der Waals surface area contributed by atoms with Crippen LogP contribution in [0.4, 0.5) is 5.69 Å². The molecule has 0 heterocycles. The second kappa shape index (κ2) is 14.5.